The number of nitrogens with one attached hydrogen (secondary N) is 1. The number of aromatic nitrogens is 1. The number of anilines is 1. The summed E-state index contributed by atoms with van der Waals surface area (Å²) in [6.07, 6.45) is 1.71. The summed E-state index contributed by atoms with van der Waals surface area (Å²) in [6.45, 7) is 5.63. The molecule has 4 nitrogen and oxygen atoms in total. The number of piperazine rings is 1. The van der Waals surface area contributed by atoms with Crippen LogP contribution in [0.15, 0.2) is 6.20 Å². The molecule has 0 radical (unpaired) electrons. The van der Waals surface area contributed by atoms with Crippen LogP contribution in [0.5, 0.6) is 5.75 Å². The number of nitrogens with zero attached hydrogens (tertiary/aromatic N) is 2. The van der Waals surface area contributed by atoms with Crippen LogP contribution < -0.4 is 15.0 Å². The van der Waals surface area contributed by atoms with Crippen molar-refractivity contribution in [3.63, 3.8) is 0 Å². The van der Waals surface area contributed by atoms with Gasteiger partial charge in [0.15, 0.2) is 11.6 Å². The van der Waals surface area contributed by atoms with E-state index in [0.717, 1.165) is 36.8 Å². The van der Waals surface area contributed by atoms with Gasteiger partial charge in [0.2, 0.25) is 0 Å². The van der Waals surface area contributed by atoms with Gasteiger partial charge in [0.05, 0.1) is 11.1 Å². The molecule has 86 valence electrons. The Morgan fingerprint density at radius 1 is 1.62 bits per heavy atom. The first-order valence-corrected chi connectivity index (χ1v) is 5.90. The van der Waals surface area contributed by atoms with Crippen LogP contribution in [0.3, 0.4) is 0 Å². The van der Waals surface area contributed by atoms with Crippen LogP contribution in [-0.4, -0.2) is 37.3 Å². The summed E-state index contributed by atoms with van der Waals surface area (Å²) in [5.74, 6) is 1.80. The van der Waals surface area contributed by atoms with Gasteiger partial charge in [0, 0.05) is 31.4 Å². The van der Waals surface area contributed by atoms with Crippen molar-refractivity contribution < 1.29 is 4.74 Å². The van der Waals surface area contributed by atoms with Gasteiger partial charge in [-0.2, -0.15) is 0 Å². The van der Waals surface area contributed by atoms with Crippen molar-refractivity contribution in [3.05, 3.63) is 16.8 Å². The smallest absolute Gasteiger partial charge is 0.172 e. The van der Waals surface area contributed by atoms with Gasteiger partial charge in [0.1, 0.15) is 6.61 Å². The van der Waals surface area contributed by atoms with Crippen molar-refractivity contribution in [2.45, 2.75) is 13.0 Å². The molecule has 1 aromatic rings. The average Bonchev–Trinajstić information content (AvgIpc) is 2.33. The lowest BCUT2D eigenvalue weighted by molar-refractivity contribution is 0.243. The fourth-order valence-electron chi connectivity index (χ4n) is 2.30. The van der Waals surface area contributed by atoms with Crippen molar-refractivity contribution in [2.24, 2.45) is 0 Å². The van der Waals surface area contributed by atoms with Gasteiger partial charge in [0.25, 0.3) is 0 Å². The standard InChI is InChI=1S/C11H14ClN3O/c1-7-9(12)5-14-11-10(7)16-6-8-4-13-2-3-15(8)11/h5,8,13H,2-4,6H2,1H3/t8-/m0/s1. The first kappa shape index (κ1) is 10.2. The van der Waals surface area contributed by atoms with Crippen LogP contribution in [-0.2, 0) is 0 Å². The highest BCUT2D eigenvalue weighted by Crippen LogP contribution is 2.37. The molecule has 16 heavy (non-hydrogen) atoms. The molecule has 0 amide bonds. The Morgan fingerprint density at radius 3 is 3.38 bits per heavy atom. The molecule has 5 heteroatoms. The van der Waals surface area contributed by atoms with Crippen LogP contribution in [0.2, 0.25) is 5.02 Å². The fourth-order valence-corrected chi connectivity index (χ4v) is 2.43. The number of fused-ring (bicyclic) bond motifs is 3. The largest absolute Gasteiger partial charge is 0.487 e. The van der Waals surface area contributed by atoms with Crippen LogP contribution in [0, 0.1) is 6.92 Å². The predicted octanol–water partition coefficient (Wildman–Crippen LogP) is 1.21. The normalized spacial score (nSPS) is 23.4. The van der Waals surface area contributed by atoms with Crippen molar-refractivity contribution >= 4 is 17.4 Å². The summed E-state index contributed by atoms with van der Waals surface area (Å²) >= 11 is 6.05. The topological polar surface area (TPSA) is 37.4 Å². The Labute approximate surface area is 99.6 Å². The Morgan fingerprint density at radius 2 is 2.50 bits per heavy atom. The number of rotatable bonds is 0. The lowest BCUT2D eigenvalue weighted by atomic mass is 10.1. The van der Waals surface area contributed by atoms with Gasteiger partial charge >= 0.3 is 0 Å². The summed E-state index contributed by atoms with van der Waals surface area (Å²) in [6, 6.07) is 0.398. The van der Waals surface area contributed by atoms with E-state index in [9.17, 15) is 0 Å². The lowest BCUT2D eigenvalue weighted by Crippen LogP contribution is -2.56. The second-order valence-corrected chi connectivity index (χ2v) is 4.65. The monoisotopic (exact) mass is 239 g/mol. The Hall–Kier alpha value is -1.00. The van der Waals surface area contributed by atoms with Gasteiger partial charge < -0.3 is 15.0 Å². The molecular weight excluding hydrogens is 226 g/mol. The summed E-state index contributed by atoms with van der Waals surface area (Å²) < 4.78 is 5.78. The molecule has 1 atom stereocenters. The van der Waals surface area contributed by atoms with Crippen LogP contribution in [0.1, 0.15) is 5.56 Å². The van der Waals surface area contributed by atoms with Gasteiger partial charge in [-0.1, -0.05) is 11.6 Å². The van der Waals surface area contributed by atoms with E-state index in [4.69, 9.17) is 16.3 Å². The third kappa shape index (κ3) is 1.44. The minimum Gasteiger partial charge on any atom is -0.487 e. The van der Waals surface area contributed by atoms with E-state index >= 15 is 0 Å². The van der Waals surface area contributed by atoms with Crippen LogP contribution in [0.25, 0.3) is 0 Å². The number of halogens is 1. The molecule has 1 N–H and O–H groups in total. The Kier molecular flexibility index (Phi) is 2.41. The molecule has 1 fully saturated rings. The number of hydrogen-bond donors (Lipinski definition) is 1. The van der Waals surface area contributed by atoms with Gasteiger partial charge in [-0.05, 0) is 6.92 Å². The minimum atomic E-state index is 0.398. The predicted molar refractivity (Wildman–Crippen MR) is 63.5 cm³/mol. The van der Waals surface area contributed by atoms with E-state index in [1.54, 1.807) is 6.20 Å². The molecule has 1 saturated heterocycles. The summed E-state index contributed by atoms with van der Waals surface area (Å²) in [4.78, 5) is 6.72. The van der Waals surface area contributed by atoms with Crippen LogP contribution in [0.4, 0.5) is 5.82 Å². The number of hydrogen-bond acceptors (Lipinski definition) is 4. The molecule has 3 rings (SSSR count). The first-order chi connectivity index (χ1) is 7.77. The zero-order valence-electron chi connectivity index (χ0n) is 9.16. The zero-order valence-corrected chi connectivity index (χ0v) is 9.92. The van der Waals surface area contributed by atoms with Gasteiger partial charge in [-0.3, -0.25) is 0 Å². The summed E-state index contributed by atoms with van der Waals surface area (Å²) in [7, 11) is 0. The highest BCUT2D eigenvalue weighted by Gasteiger charge is 2.31. The number of ether oxygens (including phenoxy) is 1. The molecule has 0 spiro atoms. The maximum Gasteiger partial charge on any atom is 0.172 e. The second-order valence-electron chi connectivity index (χ2n) is 4.25. The average molecular weight is 240 g/mol. The highest BCUT2D eigenvalue weighted by atomic mass is 35.5. The summed E-state index contributed by atoms with van der Waals surface area (Å²) in [5, 5.41) is 4.04. The highest BCUT2D eigenvalue weighted by molar-refractivity contribution is 6.31. The van der Waals surface area contributed by atoms with Crippen molar-refractivity contribution in [1.29, 1.82) is 0 Å². The SMILES string of the molecule is Cc1c(Cl)cnc2c1OC[C@@H]1CNCCN21. The van der Waals surface area contributed by atoms with E-state index in [-0.39, 0.29) is 0 Å². The van der Waals surface area contributed by atoms with Gasteiger partial charge in [-0.25, -0.2) is 4.98 Å². The molecule has 3 heterocycles. The molecule has 2 aliphatic heterocycles. The fraction of sp³-hybridized carbons (Fsp3) is 0.545. The van der Waals surface area contributed by atoms with Crippen molar-refractivity contribution in [2.75, 3.05) is 31.1 Å². The molecule has 0 bridgehead atoms. The zero-order chi connectivity index (χ0) is 11.1. The van der Waals surface area contributed by atoms with Crippen molar-refractivity contribution in [1.82, 2.24) is 10.3 Å². The van der Waals surface area contributed by atoms with Gasteiger partial charge in [-0.15, -0.1) is 0 Å². The molecule has 0 aromatic carbocycles. The van der Waals surface area contributed by atoms with Crippen LogP contribution >= 0.6 is 11.6 Å². The minimum absolute atomic E-state index is 0.398. The quantitative estimate of drug-likeness (QED) is 0.739. The van der Waals surface area contributed by atoms with E-state index in [0.29, 0.717) is 17.7 Å². The van der Waals surface area contributed by atoms with E-state index < -0.39 is 0 Å². The molecule has 1 aromatic heterocycles. The summed E-state index contributed by atoms with van der Waals surface area (Å²) in [5.41, 5.74) is 0.989. The molecule has 0 unspecified atom stereocenters. The maximum atomic E-state index is 6.05. The molecule has 0 saturated carbocycles. The van der Waals surface area contributed by atoms with E-state index in [1.165, 1.54) is 0 Å². The Bertz CT molecular complexity index is 424. The lowest BCUT2D eigenvalue weighted by Gasteiger charge is -2.41. The number of pyridine rings is 1. The molecule has 2 aliphatic rings. The van der Waals surface area contributed by atoms with Crippen molar-refractivity contribution in [3.8, 4) is 5.75 Å². The van der Waals surface area contributed by atoms with E-state index in [2.05, 4.69) is 15.2 Å². The molecular formula is C11H14ClN3O. The molecule has 0 aliphatic carbocycles. The second kappa shape index (κ2) is 3.79. The Balaban J connectivity index is 2.05. The maximum absolute atomic E-state index is 6.05. The first-order valence-electron chi connectivity index (χ1n) is 5.52. The third-order valence-corrected chi connectivity index (χ3v) is 3.63. The third-order valence-electron chi connectivity index (χ3n) is 3.24. The van der Waals surface area contributed by atoms with E-state index in [1.807, 2.05) is 6.92 Å².